The Hall–Kier alpha value is -3.41. The normalized spacial score (nSPS) is 12.2. The predicted octanol–water partition coefficient (Wildman–Crippen LogP) is 3.01. The van der Waals surface area contributed by atoms with Gasteiger partial charge in [-0.3, -0.25) is 9.48 Å². The summed E-state index contributed by atoms with van der Waals surface area (Å²) in [6.45, 7) is 0. The zero-order chi connectivity index (χ0) is 17.9. The molecule has 4 rings (SSSR count). The summed E-state index contributed by atoms with van der Waals surface area (Å²) in [5, 5.41) is 7.16. The first-order valence-electron chi connectivity index (χ1n) is 8.47. The molecule has 2 heterocycles. The van der Waals surface area contributed by atoms with E-state index in [1.165, 1.54) is 0 Å². The van der Waals surface area contributed by atoms with Gasteiger partial charge in [0, 0.05) is 13.2 Å². The van der Waals surface area contributed by atoms with E-state index in [1.807, 2.05) is 54.6 Å². The first-order valence-corrected chi connectivity index (χ1v) is 8.47. The maximum absolute atomic E-state index is 12.6. The summed E-state index contributed by atoms with van der Waals surface area (Å²) in [6, 6.07) is 17.6. The minimum absolute atomic E-state index is 0.167. The van der Waals surface area contributed by atoms with Gasteiger partial charge in [-0.15, -0.1) is 0 Å². The molecule has 1 amide bonds. The largest absolute Gasteiger partial charge is 0.342 e. The van der Waals surface area contributed by atoms with Crippen LogP contribution < -0.4 is 5.32 Å². The van der Waals surface area contributed by atoms with E-state index in [9.17, 15) is 4.79 Å². The van der Waals surface area contributed by atoms with Crippen molar-refractivity contribution in [1.82, 2.24) is 25.1 Å². The lowest BCUT2D eigenvalue weighted by Crippen LogP contribution is -2.30. The molecule has 0 aliphatic carbocycles. The van der Waals surface area contributed by atoms with E-state index in [4.69, 9.17) is 0 Å². The second-order valence-electron chi connectivity index (χ2n) is 6.26. The lowest BCUT2D eigenvalue weighted by Gasteiger charge is -2.16. The summed E-state index contributed by atoms with van der Waals surface area (Å²) in [5.74, 6) is 0.576. The number of rotatable bonds is 5. The van der Waals surface area contributed by atoms with Crippen molar-refractivity contribution in [2.75, 3.05) is 0 Å². The number of benzene rings is 2. The van der Waals surface area contributed by atoms with Gasteiger partial charge in [0.25, 0.3) is 5.91 Å². The quantitative estimate of drug-likeness (QED) is 0.584. The van der Waals surface area contributed by atoms with E-state index in [0.29, 0.717) is 12.0 Å². The van der Waals surface area contributed by atoms with Crippen molar-refractivity contribution in [3.05, 3.63) is 83.9 Å². The van der Waals surface area contributed by atoms with Gasteiger partial charge in [0.15, 0.2) is 0 Å². The molecular weight excluding hydrogens is 326 g/mol. The SMILES string of the molecule is Cn1cc(C(=O)N[C@@H](Cc2ccccc2)c2nc3ccccc3[nH]2)cn1. The van der Waals surface area contributed by atoms with Gasteiger partial charge in [0.05, 0.1) is 28.8 Å². The number of nitrogens with zero attached hydrogens (tertiary/aromatic N) is 3. The third-order valence-corrected chi connectivity index (χ3v) is 4.29. The van der Waals surface area contributed by atoms with E-state index < -0.39 is 0 Å². The fourth-order valence-electron chi connectivity index (χ4n) is 2.98. The van der Waals surface area contributed by atoms with E-state index in [1.54, 1.807) is 24.1 Å². The Balaban J connectivity index is 1.65. The summed E-state index contributed by atoms with van der Waals surface area (Å²) >= 11 is 0. The summed E-state index contributed by atoms with van der Waals surface area (Å²) in [6.07, 6.45) is 3.91. The number of imidazole rings is 1. The van der Waals surface area contributed by atoms with Crippen molar-refractivity contribution in [2.45, 2.75) is 12.5 Å². The number of aromatic amines is 1. The molecular formula is C20H19N5O. The molecule has 4 aromatic rings. The number of carbonyl (C=O) groups is 1. The van der Waals surface area contributed by atoms with Crippen LogP contribution in [0.25, 0.3) is 11.0 Å². The fraction of sp³-hybridized carbons (Fsp3) is 0.150. The Labute approximate surface area is 150 Å². The van der Waals surface area contributed by atoms with Gasteiger partial charge in [0.1, 0.15) is 5.82 Å². The number of carbonyl (C=O) groups excluding carboxylic acids is 1. The molecule has 26 heavy (non-hydrogen) atoms. The number of aryl methyl sites for hydroxylation is 1. The van der Waals surface area contributed by atoms with Crippen LogP contribution >= 0.6 is 0 Å². The average molecular weight is 345 g/mol. The fourth-order valence-corrected chi connectivity index (χ4v) is 2.98. The van der Waals surface area contributed by atoms with E-state index in [0.717, 1.165) is 22.4 Å². The first-order chi connectivity index (χ1) is 12.7. The highest BCUT2D eigenvalue weighted by molar-refractivity contribution is 5.94. The highest BCUT2D eigenvalue weighted by atomic mass is 16.1. The van der Waals surface area contributed by atoms with E-state index in [-0.39, 0.29) is 11.9 Å². The van der Waals surface area contributed by atoms with Gasteiger partial charge in [-0.05, 0) is 24.1 Å². The average Bonchev–Trinajstić information content (AvgIpc) is 3.28. The molecule has 0 bridgehead atoms. The standard InChI is InChI=1S/C20H19N5O/c1-25-13-15(12-21-25)20(26)24-18(11-14-7-3-2-4-8-14)19-22-16-9-5-6-10-17(16)23-19/h2-10,12-13,18H,11H2,1H3,(H,22,23)(H,24,26)/t18-/m0/s1. The van der Waals surface area contributed by atoms with E-state index >= 15 is 0 Å². The Morgan fingerprint density at radius 3 is 2.65 bits per heavy atom. The number of aromatic nitrogens is 4. The van der Waals surface area contributed by atoms with Crippen LogP contribution in [0.15, 0.2) is 67.0 Å². The number of hydrogen-bond acceptors (Lipinski definition) is 3. The van der Waals surface area contributed by atoms with Crippen LogP contribution in [0.4, 0.5) is 0 Å². The summed E-state index contributed by atoms with van der Waals surface area (Å²) < 4.78 is 1.61. The molecule has 0 unspecified atom stereocenters. The number of hydrogen-bond donors (Lipinski definition) is 2. The molecule has 0 spiro atoms. The van der Waals surface area contributed by atoms with Crippen LogP contribution in [0.1, 0.15) is 27.8 Å². The molecule has 2 N–H and O–H groups in total. The molecule has 6 nitrogen and oxygen atoms in total. The van der Waals surface area contributed by atoms with Crippen molar-refractivity contribution in [3.63, 3.8) is 0 Å². The van der Waals surface area contributed by atoms with Crippen LogP contribution in [0.3, 0.4) is 0 Å². The maximum Gasteiger partial charge on any atom is 0.255 e. The van der Waals surface area contributed by atoms with Gasteiger partial charge < -0.3 is 10.3 Å². The highest BCUT2D eigenvalue weighted by Crippen LogP contribution is 2.20. The van der Waals surface area contributed by atoms with Crippen molar-refractivity contribution in [1.29, 1.82) is 0 Å². The van der Waals surface area contributed by atoms with Crippen molar-refractivity contribution >= 4 is 16.9 Å². The second-order valence-corrected chi connectivity index (χ2v) is 6.26. The molecule has 0 saturated heterocycles. The van der Waals surface area contributed by atoms with Crippen LogP contribution in [0.2, 0.25) is 0 Å². The molecule has 0 fully saturated rings. The number of amides is 1. The Morgan fingerprint density at radius 1 is 1.15 bits per heavy atom. The third kappa shape index (κ3) is 3.35. The molecule has 0 aliphatic heterocycles. The van der Waals surface area contributed by atoms with E-state index in [2.05, 4.69) is 20.4 Å². The van der Waals surface area contributed by atoms with Gasteiger partial charge in [-0.1, -0.05) is 42.5 Å². The van der Waals surface area contributed by atoms with Gasteiger partial charge in [-0.2, -0.15) is 5.10 Å². The van der Waals surface area contributed by atoms with Gasteiger partial charge in [0.2, 0.25) is 0 Å². The van der Waals surface area contributed by atoms with Crippen LogP contribution in [0.5, 0.6) is 0 Å². The summed E-state index contributed by atoms with van der Waals surface area (Å²) in [5.41, 5.74) is 3.50. The Kier molecular flexibility index (Phi) is 4.23. The minimum Gasteiger partial charge on any atom is -0.342 e. The Morgan fingerprint density at radius 2 is 1.92 bits per heavy atom. The summed E-state index contributed by atoms with van der Waals surface area (Å²) in [7, 11) is 1.79. The molecule has 0 saturated carbocycles. The lowest BCUT2D eigenvalue weighted by molar-refractivity contribution is 0.0935. The third-order valence-electron chi connectivity index (χ3n) is 4.29. The summed E-state index contributed by atoms with van der Waals surface area (Å²) in [4.78, 5) is 20.6. The molecule has 2 aromatic carbocycles. The van der Waals surface area contributed by atoms with Crippen molar-refractivity contribution in [2.24, 2.45) is 7.05 Å². The molecule has 0 radical (unpaired) electrons. The first kappa shape index (κ1) is 16.1. The maximum atomic E-state index is 12.6. The second kappa shape index (κ2) is 6.84. The topological polar surface area (TPSA) is 75.6 Å². The number of para-hydroxylation sites is 2. The zero-order valence-corrected chi connectivity index (χ0v) is 14.4. The number of nitrogens with one attached hydrogen (secondary N) is 2. The monoisotopic (exact) mass is 345 g/mol. The van der Waals surface area contributed by atoms with Crippen LogP contribution in [-0.4, -0.2) is 25.7 Å². The number of H-pyrrole nitrogens is 1. The highest BCUT2D eigenvalue weighted by Gasteiger charge is 2.20. The molecule has 1 atom stereocenters. The predicted molar refractivity (Wildman–Crippen MR) is 99.7 cm³/mol. The lowest BCUT2D eigenvalue weighted by atomic mass is 10.1. The van der Waals surface area contributed by atoms with Gasteiger partial charge >= 0.3 is 0 Å². The zero-order valence-electron chi connectivity index (χ0n) is 14.4. The van der Waals surface area contributed by atoms with Crippen molar-refractivity contribution < 1.29 is 4.79 Å². The van der Waals surface area contributed by atoms with Crippen molar-refractivity contribution in [3.8, 4) is 0 Å². The van der Waals surface area contributed by atoms with Gasteiger partial charge in [-0.25, -0.2) is 4.98 Å². The van der Waals surface area contributed by atoms with Crippen LogP contribution in [0, 0.1) is 0 Å². The number of fused-ring (bicyclic) bond motifs is 1. The minimum atomic E-state index is -0.266. The van der Waals surface area contributed by atoms with Crippen LogP contribution in [-0.2, 0) is 13.5 Å². The molecule has 6 heteroatoms. The molecule has 2 aromatic heterocycles. The smallest absolute Gasteiger partial charge is 0.255 e. The molecule has 0 aliphatic rings. The Bertz CT molecular complexity index is 1000. The molecule has 130 valence electrons.